The largest absolute Gasteiger partial charge is 0.478 e. The molecule has 0 unspecified atom stereocenters. The first-order valence-corrected chi connectivity index (χ1v) is 9.53. The lowest BCUT2D eigenvalue weighted by Gasteiger charge is -2.39. The molecule has 0 saturated carbocycles. The van der Waals surface area contributed by atoms with Crippen molar-refractivity contribution < 1.29 is 43.2 Å². The summed E-state index contributed by atoms with van der Waals surface area (Å²) in [4.78, 5) is 22.8. The van der Waals surface area contributed by atoms with Crippen molar-refractivity contribution >= 4 is 21.9 Å². The summed E-state index contributed by atoms with van der Waals surface area (Å²) in [5.41, 5.74) is 0. The molecule has 6 N–H and O–H groups in total. The van der Waals surface area contributed by atoms with E-state index in [0.29, 0.717) is 6.42 Å². The molecule has 26 heavy (non-hydrogen) atoms. The van der Waals surface area contributed by atoms with Gasteiger partial charge in [-0.05, 0) is 12.5 Å². The number of ether oxygens (including phenoxy) is 1. The van der Waals surface area contributed by atoms with Crippen LogP contribution < -0.4 is 10.0 Å². The van der Waals surface area contributed by atoms with Crippen LogP contribution in [0.1, 0.15) is 20.3 Å². The third-order valence-corrected chi connectivity index (χ3v) is 5.20. The number of carboxylic acids is 1. The van der Waals surface area contributed by atoms with Gasteiger partial charge in [-0.15, -0.1) is 0 Å². The van der Waals surface area contributed by atoms with Gasteiger partial charge >= 0.3 is 5.97 Å². The molecule has 12 heteroatoms. The molecule has 0 fully saturated rings. The second-order valence-electron chi connectivity index (χ2n) is 5.85. The van der Waals surface area contributed by atoms with Crippen LogP contribution in [0.2, 0.25) is 0 Å². The number of hydrogen-bond donors (Lipinski definition) is 6. The number of aliphatic carboxylic acids is 1. The fraction of sp³-hybridized carbons (Fsp3) is 0.714. The Morgan fingerprint density at radius 2 is 1.96 bits per heavy atom. The highest BCUT2D eigenvalue weighted by Crippen LogP contribution is 2.23. The van der Waals surface area contributed by atoms with Gasteiger partial charge in [0.15, 0.2) is 0 Å². The highest BCUT2D eigenvalue weighted by molar-refractivity contribution is 7.89. The van der Waals surface area contributed by atoms with Crippen molar-refractivity contribution in [3.8, 4) is 0 Å². The molecular formula is C14H24N2O9S. The van der Waals surface area contributed by atoms with Gasteiger partial charge in [0.25, 0.3) is 0 Å². The average Bonchev–Trinajstić information content (AvgIpc) is 2.53. The fourth-order valence-corrected chi connectivity index (χ4v) is 3.79. The zero-order valence-corrected chi connectivity index (χ0v) is 15.1. The van der Waals surface area contributed by atoms with E-state index < -0.39 is 64.7 Å². The Morgan fingerprint density at radius 1 is 1.35 bits per heavy atom. The minimum absolute atomic E-state index is 0.236. The summed E-state index contributed by atoms with van der Waals surface area (Å²) in [5.74, 6) is -3.02. The summed E-state index contributed by atoms with van der Waals surface area (Å²) in [5, 5.41) is 40.4. The van der Waals surface area contributed by atoms with Crippen LogP contribution in [-0.4, -0.2) is 83.5 Å². The number of amides is 1. The van der Waals surface area contributed by atoms with E-state index >= 15 is 0 Å². The number of sulfonamides is 1. The van der Waals surface area contributed by atoms with Crippen LogP contribution in [0.4, 0.5) is 0 Å². The zero-order valence-electron chi connectivity index (χ0n) is 14.3. The summed E-state index contributed by atoms with van der Waals surface area (Å²) in [6.07, 6.45) is -3.75. The Balaban J connectivity index is 3.31. The molecule has 1 aliphatic rings. The van der Waals surface area contributed by atoms with Gasteiger partial charge in [-0.1, -0.05) is 6.92 Å². The van der Waals surface area contributed by atoms with Gasteiger partial charge in [0, 0.05) is 6.92 Å². The van der Waals surface area contributed by atoms with Gasteiger partial charge in [-0.2, -0.15) is 0 Å². The van der Waals surface area contributed by atoms with E-state index in [2.05, 4.69) is 10.0 Å². The number of carboxylic acid groups (broad SMARTS) is 1. The van der Waals surface area contributed by atoms with Gasteiger partial charge in [0.1, 0.15) is 18.3 Å². The van der Waals surface area contributed by atoms with Crippen LogP contribution in [0.25, 0.3) is 0 Å². The van der Waals surface area contributed by atoms with E-state index in [9.17, 15) is 28.2 Å². The Labute approximate surface area is 150 Å². The molecule has 11 nitrogen and oxygen atoms in total. The molecule has 0 saturated heterocycles. The van der Waals surface area contributed by atoms with Crippen LogP contribution >= 0.6 is 0 Å². The van der Waals surface area contributed by atoms with Crippen molar-refractivity contribution in [3.05, 3.63) is 11.8 Å². The monoisotopic (exact) mass is 396 g/mol. The maximum Gasteiger partial charge on any atom is 0.370 e. The van der Waals surface area contributed by atoms with Crippen molar-refractivity contribution in [1.29, 1.82) is 0 Å². The first-order chi connectivity index (χ1) is 12.0. The number of carbonyl (C=O) groups excluding carboxylic acids is 1. The molecule has 0 aromatic rings. The van der Waals surface area contributed by atoms with Gasteiger partial charge in [-0.3, -0.25) is 4.79 Å². The predicted molar refractivity (Wildman–Crippen MR) is 88.3 cm³/mol. The van der Waals surface area contributed by atoms with Crippen molar-refractivity contribution in [2.75, 3.05) is 12.4 Å². The Kier molecular flexibility index (Phi) is 7.96. The molecule has 1 rings (SSSR count). The van der Waals surface area contributed by atoms with Crippen LogP contribution in [0.3, 0.4) is 0 Å². The molecule has 5 atom stereocenters. The van der Waals surface area contributed by atoms with Crippen molar-refractivity contribution in [3.63, 3.8) is 0 Å². The SMILES string of the molecule is CCCS(=O)(=O)N[C@H]1C=C(C(=O)O)O[C@@H]([C@H](O)[C@H](O)CO)[C@@H]1NC(C)=O. The van der Waals surface area contributed by atoms with Gasteiger partial charge < -0.3 is 30.5 Å². The molecule has 0 aliphatic carbocycles. The highest BCUT2D eigenvalue weighted by atomic mass is 32.2. The zero-order chi connectivity index (χ0) is 20.1. The third-order valence-electron chi connectivity index (χ3n) is 3.62. The first kappa shape index (κ1) is 22.3. The summed E-state index contributed by atoms with van der Waals surface area (Å²) < 4.78 is 31.6. The Morgan fingerprint density at radius 3 is 2.42 bits per heavy atom. The maximum atomic E-state index is 12.1. The van der Waals surface area contributed by atoms with Crippen molar-refractivity contribution in [2.45, 2.75) is 50.7 Å². The molecule has 0 aromatic carbocycles. The Hall–Kier alpha value is -1.73. The summed E-state index contributed by atoms with van der Waals surface area (Å²) in [7, 11) is -3.81. The number of aliphatic hydroxyl groups is 3. The smallest absolute Gasteiger partial charge is 0.370 e. The lowest BCUT2D eigenvalue weighted by atomic mass is 9.92. The molecule has 1 amide bonds. The van der Waals surface area contributed by atoms with Crippen molar-refractivity contribution in [1.82, 2.24) is 10.0 Å². The summed E-state index contributed by atoms with van der Waals surface area (Å²) in [6, 6.07) is -2.47. The standard InChI is InChI=1S/C14H24N2O9S/c1-3-4-26(23,24)16-8-5-10(14(21)22)25-13(11(8)15-7(2)18)12(20)9(19)6-17/h5,8-9,11-13,16-17,19-20H,3-4,6H2,1-2H3,(H,15,18)(H,21,22)/t8-,9+,11+,12+,13+/m0/s1. The number of nitrogens with one attached hydrogen (secondary N) is 2. The summed E-state index contributed by atoms with van der Waals surface area (Å²) in [6.45, 7) is 1.92. The second kappa shape index (κ2) is 9.28. The molecular weight excluding hydrogens is 372 g/mol. The molecule has 0 bridgehead atoms. The lowest BCUT2D eigenvalue weighted by Crippen LogP contribution is -2.63. The van der Waals surface area contributed by atoms with Crippen LogP contribution in [0.15, 0.2) is 11.8 Å². The quantitative estimate of drug-likeness (QED) is 0.241. The van der Waals surface area contributed by atoms with Crippen LogP contribution in [-0.2, 0) is 24.3 Å². The Bertz CT molecular complexity index is 649. The number of hydrogen-bond acceptors (Lipinski definition) is 8. The normalized spacial score (nSPS) is 25.6. The number of rotatable bonds is 9. The average molecular weight is 396 g/mol. The first-order valence-electron chi connectivity index (χ1n) is 7.88. The van der Waals surface area contributed by atoms with E-state index in [1.165, 1.54) is 0 Å². The van der Waals surface area contributed by atoms with E-state index in [1.54, 1.807) is 6.92 Å². The van der Waals surface area contributed by atoms with E-state index in [4.69, 9.17) is 14.9 Å². The molecule has 150 valence electrons. The van der Waals surface area contributed by atoms with Gasteiger partial charge in [-0.25, -0.2) is 17.9 Å². The highest BCUT2D eigenvalue weighted by Gasteiger charge is 2.44. The van der Waals surface area contributed by atoms with Gasteiger partial charge in [0.05, 0.1) is 24.4 Å². The molecule has 1 aliphatic heterocycles. The van der Waals surface area contributed by atoms with E-state index in [-0.39, 0.29) is 5.75 Å². The predicted octanol–water partition coefficient (Wildman–Crippen LogP) is -2.73. The third kappa shape index (κ3) is 5.92. The van der Waals surface area contributed by atoms with Crippen LogP contribution in [0, 0.1) is 0 Å². The van der Waals surface area contributed by atoms with E-state index in [0.717, 1.165) is 13.0 Å². The molecule has 0 spiro atoms. The van der Waals surface area contributed by atoms with E-state index in [1.807, 2.05) is 0 Å². The summed E-state index contributed by atoms with van der Waals surface area (Å²) >= 11 is 0. The lowest BCUT2D eigenvalue weighted by molar-refractivity contribution is -0.146. The van der Waals surface area contributed by atoms with Crippen LogP contribution in [0.5, 0.6) is 0 Å². The molecule has 1 heterocycles. The minimum atomic E-state index is -3.81. The maximum absolute atomic E-state index is 12.1. The number of aliphatic hydroxyl groups excluding tert-OH is 3. The molecule has 0 aromatic heterocycles. The fourth-order valence-electron chi connectivity index (χ4n) is 2.51. The minimum Gasteiger partial charge on any atom is -0.478 e. The topological polar surface area (TPSA) is 182 Å². The second-order valence-corrected chi connectivity index (χ2v) is 7.72. The molecule has 0 radical (unpaired) electrons. The van der Waals surface area contributed by atoms with Crippen molar-refractivity contribution in [2.24, 2.45) is 0 Å². The van der Waals surface area contributed by atoms with Gasteiger partial charge in [0.2, 0.25) is 21.7 Å². The number of carbonyl (C=O) groups is 2.